The molecule has 7 heteroatoms. The van der Waals surface area contributed by atoms with Crippen molar-refractivity contribution in [3.8, 4) is 0 Å². The molecule has 0 saturated carbocycles. The minimum atomic E-state index is -0.523. The Kier molecular flexibility index (Phi) is 5.86. The zero-order valence-electron chi connectivity index (χ0n) is 14.6. The zero-order chi connectivity index (χ0) is 18.7. The van der Waals surface area contributed by atoms with E-state index in [9.17, 15) is 9.18 Å². The fourth-order valence-electron chi connectivity index (χ4n) is 2.66. The van der Waals surface area contributed by atoms with Crippen LogP contribution in [0.25, 0.3) is 10.2 Å². The molecule has 1 amide bonds. The van der Waals surface area contributed by atoms with Crippen LogP contribution in [0.4, 0.5) is 9.52 Å². The van der Waals surface area contributed by atoms with Crippen molar-refractivity contribution >= 4 is 44.2 Å². The molecule has 0 bridgehead atoms. The average Bonchev–Trinajstić information content (AvgIpc) is 3.01. The van der Waals surface area contributed by atoms with Crippen LogP contribution in [0.2, 0.25) is 5.02 Å². The van der Waals surface area contributed by atoms with Crippen molar-refractivity contribution in [3.63, 3.8) is 0 Å². The molecule has 2 aromatic carbocycles. The lowest BCUT2D eigenvalue weighted by atomic mass is 10.2. The van der Waals surface area contributed by atoms with Gasteiger partial charge in [0.2, 0.25) is 0 Å². The van der Waals surface area contributed by atoms with Gasteiger partial charge in [-0.05, 0) is 30.3 Å². The van der Waals surface area contributed by atoms with Crippen LogP contribution < -0.4 is 9.80 Å². The number of quaternary nitrogens is 1. The second-order valence-electron chi connectivity index (χ2n) is 6.36. The minimum Gasteiger partial charge on any atom is -0.340 e. The van der Waals surface area contributed by atoms with Crippen molar-refractivity contribution in [2.24, 2.45) is 0 Å². The monoisotopic (exact) mass is 392 g/mol. The van der Waals surface area contributed by atoms with E-state index in [1.54, 1.807) is 23.1 Å². The third-order valence-electron chi connectivity index (χ3n) is 3.98. The average molecular weight is 393 g/mol. The van der Waals surface area contributed by atoms with Gasteiger partial charge in [0, 0.05) is 18.0 Å². The molecule has 1 aromatic heterocycles. The molecule has 0 saturated heterocycles. The normalized spacial score (nSPS) is 11.3. The summed E-state index contributed by atoms with van der Waals surface area (Å²) in [4.78, 5) is 20.4. The molecule has 136 valence electrons. The number of hydrogen-bond donors (Lipinski definition) is 1. The van der Waals surface area contributed by atoms with E-state index in [1.807, 2.05) is 12.1 Å². The van der Waals surface area contributed by atoms with Crippen LogP contribution in [-0.4, -0.2) is 38.1 Å². The molecular weight excluding hydrogens is 373 g/mol. The third-order valence-corrected chi connectivity index (χ3v) is 5.25. The maximum atomic E-state index is 14.1. The SMILES string of the molecule is C[NH+](C)CCCN(C(=O)c1ccccc1F)c1nc2ccc(Cl)cc2s1. The number of nitrogens with zero attached hydrogens (tertiary/aromatic N) is 2. The van der Waals surface area contributed by atoms with Crippen molar-refractivity contribution in [2.75, 3.05) is 32.1 Å². The lowest BCUT2D eigenvalue weighted by molar-refractivity contribution is -0.858. The topological polar surface area (TPSA) is 37.6 Å². The molecule has 1 heterocycles. The molecule has 3 aromatic rings. The second kappa shape index (κ2) is 8.12. The molecule has 1 N–H and O–H groups in total. The van der Waals surface area contributed by atoms with E-state index in [4.69, 9.17) is 11.6 Å². The Labute approximate surface area is 160 Å². The van der Waals surface area contributed by atoms with Crippen LogP contribution in [0.5, 0.6) is 0 Å². The summed E-state index contributed by atoms with van der Waals surface area (Å²) in [7, 11) is 4.12. The molecule has 0 aliphatic rings. The Morgan fingerprint density at radius 2 is 2.04 bits per heavy atom. The molecule has 0 unspecified atom stereocenters. The van der Waals surface area contributed by atoms with Gasteiger partial charge < -0.3 is 4.90 Å². The van der Waals surface area contributed by atoms with Crippen LogP contribution in [0.3, 0.4) is 0 Å². The Hall–Kier alpha value is -2.02. The quantitative estimate of drug-likeness (QED) is 0.699. The van der Waals surface area contributed by atoms with Crippen LogP contribution in [-0.2, 0) is 0 Å². The number of nitrogens with one attached hydrogen (secondary N) is 1. The number of hydrogen-bond acceptors (Lipinski definition) is 3. The van der Waals surface area contributed by atoms with Crippen LogP contribution in [0.15, 0.2) is 42.5 Å². The van der Waals surface area contributed by atoms with Crippen LogP contribution in [0, 0.1) is 5.82 Å². The van der Waals surface area contributed by atoms with Crippen molar-refractivity contribution in [1.82, 2.24) is 4.98 Å². The summed E-state index contributed by atoms with van der Waals surface area (Å²) in [6, 6.07) is 11.5. The number of benzene rings is 2. The number of halogens is 2. The van der Waals surface area contributed by atoms with E-state index in [2.05, 4.69) is 19.1 Å². The van der Waals surface area contributed by atoms with Gasteiger partial charge in [0.05, 0.1) is 36.4 Å². The van der Waals surface area contributed by atoms with Crippen molar-refractivity contribution in [3.05, 3.63) is 58.9 Å². The standard InChI is InChI=1S/C19H19ClFN3OS/c1-23(2)10-5-11-24(18(25)14-6-3-4-7-15(14)21)19-22-16-9-8-13(20)12-17(16)26-19/h3-4,6-9,12H,5,10-11H2,1-2H3/p+1. The van der Waals surface area contributed by atoms with Crippen molar-refractivity contribution < 1.29 is 14.1 Å². The minimum absolute atomic E-state index is 0.0574. The number of thiazole rings is 1. The van der Waals surface area contributed by atoms with E-state index >= 15 is 0 Å². The van der Waals surface area contributed by atoms with E-state index < -0.39 is 5.82 Å². The number of carbonyl (C=O) groups is 1. The van der Waals surface area contributed by atoms with Gasteiger partial charge in [0.1, 0.15) is 5.82 Å². The molecule has 0 fully saturated rings. The highest BCUT2D eigenvalue weighted by Crippen LogP contribution is 2.31. The molecular formula is C19H20ClFN3OS+. The highest BCUT2D eigenvalue weighted by molar-refractivity contribution is 7.22. The van der Waals surface area contributed by atoms with E-state index in [1.165, 1.54) is 28.4 Å². The first-order valence-corrected chi connectivity index (χ1v) is 9.56. The highest BCUT2D eigenvalue weighted by Gasteiger charge is 2.23. The predicted molar refractivity (Wildman–Crippen MR) is 105 cm³/mol. The van der Waals surface area contributed by atoms with Gasteiger partial charge in [-0.1, -0.05) is 35.1 Å². The Morgan fingerprint density at radius 1 is 1.27 bits per heavy atom. The molecule has 26 heavy (non-hydrogen) atoms. The summed E-state index contributed by atoms with van der Waals surface area (Å²) >= 11 is 7.44. The van der Waals surface area contributed by atoms with Crippen molar-refractivity contribution in [1.29, 1.82) is 0 Å². The maximum Gasteiger partial charge on any atom is 0.263 e. The fourth-order valence-corrected chi connectivity index (χ4v) is 3.92. The van der Waals surface area contributed by atoms with E-state index in [-0.39, 0.29) is 11.5 Å². The molecule has 0 atom stereocenters. The predicted octanol–water partition coefficient (Wildman–Crippen LogP) is 3.27. The highest BCUT2D eigenvalue weighted by atomic mass is 35.5. The van der Waals surface area contributed by atoms with Gasteiger partial charge in [0.15, 0.2) is 5.13 Å². The van der Waals surface area contributed by atoms with Crippen LogP contribution in [0.1, 0.15) is 16.8 Å². The lowest BCUT2D eigenvalue weighted by Crippen LogP contribution is -3.05. The van der Waals surface area contributed by atoms with Gasteiger partial charge in [-0.3, -0.25) is 9.69 Å². The van der Waals surface area contributed by atoms with E-state index in [0.717, 1.165) is 23.2 Å². The largest absolute Gasteiger partial charge is 0.340 e. The summed E-state index contributed by atoms with van der Waals surface area (Å²) in [6.07, 6.45) is 0.791. The number of anilines is 1. The first kappa shape index (κ1) is 18.8. The van der Waals surface area contributed by atoms with E-state index in [0.29, 0.717) is 16.7 Å². The van der Waals surface area contributed by atoms with Gasteiger partial charge >= 0.3 is 0 Å². The number of rotatable bonds is 6. The lowest BCUT2D eigenvalue weighted by Gasteiger charge is -2.20. The molecule has 0 radical (unpaired) electrons. The number of carbonyl (C=O) groups excluding carboxylic acids is 1. The summed E-state index contributed by atoms with van der Waals surface area (Å²) in [6.45, 7) is 1.38. The van der Waals surface area contributed by atoms with Gasteiger partial charge in [0.25, 0.3) is 5.91 Å². The molecule has 0 aliphatic heterocycles. The fraction of sp³-hybridized carbons (Fsp3) is 0.263. The first-order chi connectivity index (χ1) is 12.5. The van der Waals surface area contributed by atoms with Gasteiger partial charge in [-0.15, -0.1) is 0 Å². The molecule has 3 rings (SSSR count). The Bertz CT molecular complexity index is 928. The third kappa shape index (κ3) is 4.20. The maximum absolute atomic E-state index is 14.1. The second-order valence-corrected chi connectivity index (χ2v) is 7.80. The first-order valence-electron chi connectivity index (χ1n) is 8.37. The molecule has 4 nitrogen and oxygen atoms in total. The number of amides is 1. The van der Waals surface area contributed by atoms with Crippen LogP contribution >= 0.6 is 22.9 Å². The summed E-state index contributed by atoms with van der Waals surface area (Å²) in [5, 5.41) is 1.18. The summed E-state index contributed by atoms with van der Waals surface area (Å²) in [5.74, 6) is -0.896. The zero-order valence-corrected chi connectivity index (χ0v) is 16.2. The number of aromatic nitrogens is 1. The van der Waals surface area contributed by atoms with Crippen molar-refractivity contribution in [2.45, 2.75) is 6.42 Å². The van der Waals surface area contributed by atoms with Gasteiger partial charge in [-0.25, -0.2) is 9.37 Å². The smallest absolute Gasteiger partial charge is 0.263 e. The Balaban J connectivity index is 1.96. The summed E-state index contributed by atoms with van der Waals surface area (Å²) < 4.78 is 15.0. The van der Waals surface area contributed by atoms with Gasteiger partial charge in [-0.2, -0.15) is 0 Å². The summed E-state index contributed by atoms with van der Waals surface area (Å²) in [5.41, 5.74) is 0.834. The molecule has 0 aliphatic carbocycles. The Morgan fingerprint density at radius 3 is 2.77 bits per heavy atom. The number of fused-ring (bicyclic) bond motifs is 1. The molecule has 0 spiro atoms.